The minimum atomic E-state index is -0.202. The summed E-state index contributed by atoms with van der Waals surface area (Å²) in [7, 11) is 0. The topological polar surface area (TPSA) is 23.5 Å². The van der Waals surface area contributed by atoms with Gasteiger partial charge in [0.2, 0.25) is 0 Å². The van der Waals surface area contributed by atoms with Gasteiger partial charge in [0.15, 0.2) is 0 Å². The quantitative estimate of drug-likeness (QED) is 0.871. The molecule has 0 aliphatic carbocycles. The van der Waals surface area contributed by atoms with Gasteiger partial charge in [0, 0.05) is 17.5 Å². The highest BCUT2D eigenvalue weighted by Crippen LogP contribution is 2.38. The molecule has 1 unspecified atom stereocenters. The number of likely N-dealkylation sites (tertiary alicyclic amines) is 1. The Labute approximate surface area is 147 Å². The predicted octanol–water partition coefficient (Wildman–Crippen LogP) is 4.32. The first-order valence-electron chi connectivity index (χ1n) is 8.51. The summed E-state index contributed by atoms with van der Waals surface area (Å²) in [5, 5.41) is 9.84. The molecule has 24 heavy (non-hydrogen) atoms. The van der Waals surface area contributed by atoms with E-state index in [0.717, 1.165) is 43.1 Å². The van der Waals surface area contributed by atoms with Crippen molar-refractivity contribution in [3.63, 3.8) is 0 Å². The number of β-amino-alcohol motifs (C(OH)–C–C–N with tert-alkyl or cyclic N) is 1. The van der Waals surface area contributed by atoms with Crippen molar-refractivity contribution in [1.29, 1.82) is 0 Å². The van der Waals surface area contributed by atoms with Gasteiger partial charge in [-0.25, -0.2) is 4.39 Å². The van der Waals surface area contributed by atoms with E-state index in [2.05, 4.69) is 17.0 Å². The van der Waals surface area contributed by atoms with Crippen LogP contribution in [0.1, 0.15) is 29.9 Å². The largest absolute Gasteiger partial charge is 0.395 e. The first-order valence-corrected chi connectivity index (χ1v) is 8.89. The molecule has 1 N–H and O–H groups in total. The van der Waals surface area contributed by atoms with Gasteiger partial charge in [-0.2, -0.15) is 0 Å². The highest BCUT2D eigenvalue weighted by molar-refractivity contribution is 6.30. The third kappa shape index (κ3) is 4.15. The summed E-state index contributed by atoms with van der Waals surface area (Å²) in [5.74, 6) is 0.553. The molecule has 1 atom stereocenters. The molecule has 3 rings (SSSR count). The van der Waals surface area contributed by atoms with Gasteiger partial charge in [0.1, 0.15) is 5.82 Å². The van der Waals surface area contributed by atoms with Gasteiger partial charge in [-0.1, -0.05) is 35.9 Å². The third-order valence-electron chi connectivity index (χ3n) is 4.98. The van der Waals surface area contributed by atoms with E-state index in [1.807, 2.05) is 24.3 Å². The van der Waals surface area contributed by atoms with Crippen molar-refractivity contribution in [1.82, 2.24) is 4.90 Å². The number of aliphatic hydroxyl groups is 1. The summed E-state index contributed by atoms with van der Waals surface area (Å²) in [6.07, 6.45) is 2.15. The van der Waals surface area contributed by atoms with Crippen LogP contribution >= 0.6 is 11.6 Å². The van der Waals surface area contributed by atoms with Gasteiger partial charge >= 0.3 is 0 Å². The second-order valence-corrected chi connectivity index (χ2v) is 6.92. The molecule has 2 aromatic rings. The summed E-state index contributed by atoms with van der Waals surface area (Å²) < 4.78 is 13.3. The SMILES string of the molecule is OCCN1CCC(C(c2ccc(F)cc2)c2ccc(Cl)cc2)CC1. The first kappa shape index (κ1) is 17.4. The number of hydrogen-bond acceptors (Lipinski definition) is 2. The van der Waals surface area contributed by atoms with Gasteiger partial charge in [-0.15, -0.1) is 0 Å². The van der Waals surface area contributed by atoms with Crippen LogP contribution in [0.5, 0.6) is 0 Å². The normalized spacial score (nSPS) is 17.8. The lowest BCUT2D eigenvalue weighted by Crippen LogP contribution is -2.37. The van der Waals surface area contributed by atoms with Gasteiger partial charge in [0.05, 0.1) is 6.61 Å². The zero-order valence-corrected chi connectivity index (χ0v) is 14.4. The molecule has 0 bridgehead atoms. The molecule has 1 saturated heterocycles. The fraction of sp³-hybridized carbons (Fsp3) is 0.400. The van der Waals surface area contributed by atoms with Crippen molar-refractivity contribution < 1.29 is 9.50 Å². The summed E-state index contributed by atoms with van der Waals surface area (Å²) in [4.78, 5) is 2.31. The molecule has 0 saturated carbocycles. The fourth-order valence-corrected chi connectivity index (χ4v) is 3.85. The molecule has 2 nitrogen and oxygen atoms in total. The van der Waals surface area contributed by atoms with Gasteiger partial charge in [-0.05, 0) is 67.2 Å². The van der Waals surface area contributed by atoms with E-state index >= 15 is 0 Å². The lowest BCUT2D eigenvalue weighted by atomic mass is 9.76. The molecule has 0 aromatic heterocycles. The van der Waals surface area contributed by atoms with E-state index in [4.69, 9.17) is 16.7 Å². The molecule has 2 aromatic carbocycles. The lowest BCUT2D eigenvalue weighted by molar-refractivity contribution is 0.142. The van der Waals surface area contributed by atoms with Crippen LogP contribution in [-0.2, 0) is 0 Å². The van der Waals surface area contributed by atoms with Crippen molar-refractivity contribution in [3.8, 4) is 0 Å². The monoisotopic (exact) mass is 347 g/mol. The Morgan fingerprint density at radius 1 is 1.00 bits per heavy atom. The molecule has 1 aliphatic rings. The molecule has 0 radical (unpaired) electrons. The van der Waals surface area contributed by atoms with Crippen molar-refractivity contribution in [3.05, 3.63) is 70.5 Å². The smallest absolute Gasteiger partial charge is 0.123 e. The molecule has 128 valence electrons. The number of aliphatic hydroxyl groups excluding tert-OH is 1. The number of hydrogen-bond donors (Lipinski definition) is 1. The first-order chi connectivity index (χ1) is 11.7. The van der Waals surface area contributed by atoms with E-state index < -0.39 is 0 Å². The van der Waals surface area contributed by atoms with Crippen molar-refractivity contribution >= 4 is 11.6 Å². The third-order valence-corrected chi connectivity index (χ3v) is 5.23. The number of nitrogens with zero attached hydrogens (tertiary/aromatic N) is 1. The van der Waals surface area contributed by atoms with Gasteiger partial charge in [0.25, 0.3) is 0 Å². The van der Waals surface area contributed by atoms with Crippen molar-refractivity contribution in [2.24, 2.45) is 5.92 Å². The van der Waals surface area contributed by atoms with E-state index in [9.17, 15) is 4.39 Å². The number of halogens is 2. The Kier molecular flexibility index (Phi) is 5.88. The lowest BCUT2D eigenvalue weighted by Gasteiger charge is -2.36. The zero-order chi connectivity index (χ0) is 16.9. The van der Waals surface area contributed by atoms with Crippen molar-refractivity contribution in [2.75, 3.05) is 26.2 Å². The van der Waals surface area contributed by atoms with E-state index in [1.54, 1.807) is 12.1 Å². The van der Waals surface area contributed by atoms with Crippen LogP contribution in [0.2, 0.25) is 5.02 Å². The van der Waals surface area contributed by atoms with E-state index in [1.165, 1.54) is 5.56 Å². The molecule has 1 aliphatic heterocycles. The Morgan fingerprint density at radius 2 is 1.54 bits per heavy atom. The average molecular weight is 348 g/mol. The minimum absolute atomic E-state index is 0.202. The highest BCUT2D eigenvalue weighted by Gasteiger charge is 2.28. The maximum absolute atomic E-state index is 13.3. The Balaban J connectivity index is 1.85. The standard InChI is InChI=1S/C20H23ClFNO/c21-18-5-1-15(2-6-18)20(16-3-7-19(22)8-4-16)17-9-11-23(12-10-17)13-14-24/h1-8,17,20,24H,9-14H2. The Hall–Kier alpha value is -1.42. The summed E-state index contributed by atoms with van der Waals surface area (Å²) in [6, 6.07) is 14.9. The fourth-order valence-electron chi connectivity index (χ4n) is 3.73. The number of piperidine rings is 1. The second-order valence-electron chi connectivity index (χ2n) is 6.48. The van der Waals surface area contributed by atoms with Crippen LogP contribution in [0.25, 0.3) is 0 Å². The highest BCUT2D eigenvalue weighted by atomic mass is 35.5. The second kappa shape index (κ2) is 8.11. The number of rotatable bonds is 5. The molecule has 0 amide bonds. The van der Waals surface area contributed by atoms with Crippen LogP contribution in [0.4, 0.5) is 4.39 Å². The molecule has 4 heteroatoms. The van der Waals surface area contributed by atoms with Crippen molar-refractivity contribution in [2.45, 2.75) is 18.8 Å². The van der Waals surface area contributed by atoms with Crippen LogP contribution in [0.3, 0.4) is 0 Å². The van der Waals surface area contributed by atoms with Gasteiger partial charge in [-0.3, -0.25) is 0 Å². The van der Waals surface area contributed by atoms with Crippen LogP contribution < -0.4 is 0 Å². The van der Waals surface area contributed by atoms with E-state index in [0.29, 0.717) is 5.92 Å². The maximum atomic E-state index is 13.3. The molecular formula is C20H23ClFNO. The summed E-state index contributed by atoms with van der Waals surface area (Å²) in [5.41, 5.74) is 2.38. The molecular weight excluding hydrogens is 325 g/mol. The van der Waals surface area contributed by atoms with Crippen LogP contribution in [-0.4, -0.2) is 36.2 Å². The molecule has 0 spiro atoms. The number of benzene rings is 2. The Morgan fingerprint density at radius 3 is 2.08 bits per heavy atom. The predicted molar refractivity (Wildman–Crippen MR) is 95.9 cm³/mol. The van der Waals surface area contributed by atoms with E-state index in [-0.39, 0.29) is 18.3 Å². The Bertz CT molecular complexity index is 590. The minimum Gasteiger partial charge on any atom is -0.395 e. The molecule has 1 fully saturated rings. The summed E-state index contributed by atoms with van der Waals surface area (Å²) in [6.45, 7) is 2.95. The van der Waals surface area contributed by atoms with Gasteiger partial charge < -0.3 is 10.0 Å². The van der Waals surface area contributed by atoms with Crippen LogP contribution in [0, 0.1) is 11.7 Å². The molecule has 1 heterocycles. The van der Waals surface area contributed by atoms with Crippen LogP contribution in [0.15, 0.2) is 48.5 Å². The summed E-state index contributed by atoms with van der Waals surface area (Å²) >= 11 is 6.04. The maximum Gasteiger partial charge on any atom is 0.123 e. The zero-order valence-electron chi connectivity index (χ0n) is 13.7. The average Bonchev–Trinajstić information content (AvgIpc) is 2.60.